The van der Waals surface area contributed by atoms with E-state index in [2.05, 4.69) is 27.8 Å². The van der Waals surface area contributed by atoms with Gasteiger partial charge in [-0.05, 0) is 55.0 Å². The lowest BCUT2D eigenvalue weighted by Crippen LogP contribution is -2.24. The maximum atomic E-state index is 12.7. The molecule has 1 amide bonds. The number of carbonyl (C=O) groups excluding carboxylic acids is 2. The standard InChI is InChI=1S/C17H23N5O3S2/c1-5-25-16(24)13-11-7-6-9(2)8-12(11)27-15(13)18-14(23)10(3)26-17-19-20-21-22(17)4/h9-10H,5-8H2,1-4H3,(H,18,23)/t9-,10+/m1/s1. The van der Waals surface area contributed by atoms with Crippen LogP contribution in [-0.4, -0.2) is 43.9 Å². The molecule has 1 N–H and O–H groups in total. The van der Waals surface area contributed by atoms with Crippen LogP contribution in [0.5, 0.6) is 0 Å². The van der Waals surface area contributed by atoms with Crippen LogP contribution in [0.2, 0.25) is 0 Å². The molecule has 10 heteroatoms. The largest absolute Gasteiger partial charge is 0.462 e. The topological polar surface area (TPSA) is 99.0 Å². The van der Waals surface area contributed by atoms with Crippen molar-refractivity contribution < 1.29 is 14.3 Å². The summed E-state index contributed by atoms with van der Waals surface area (Å²) in [5.74, 6) is 0.0190. The molecule has 0 bridgehead atoms. The van der Waals surface area contributed by atoms with E-state index in [0.717, 1.165) is 24.8 Å². The number of thiophene rings is 1. The number of amides is 1. The van der Waals surface area contributed by atoms with Crippen molar-refractivity contribution >= 4 is 40.0 Å². The normalized spacial score (nSPS) is 17.3. The molecule has 2 atom stereocenters. The maximum Gasteiger partial charge on any atom is 0.341 e. The van der Waals surface area contributed by atoms with Crippen molar-refractivity contribution in [2.24, 2.45) is 13.0 Å². The lowest BCUT2D eigenvalue weighted by molar-refractivity contribution is -0.115. The molecule has 2 aromatic heterocycles. The predicted octanol–water partition coefficient (Wildman–Crippen LogP) is 2.69. The second kappa shape index (κ2) is 8.39. The highest BCUT2D eigenvalue weighted by molar-refractivity contribution is 8.00. The fourth-order valence-electron chi connectivity index (χ4n) is 3.00. The van der Waals surface area contributed by atoms with E-state index in [-0.39, 0.29) is 11.9 Å². The number of aryl methyl sites for hydroxylation is 1. The summed E-state index contributed by atoms with van der Waals surface area (Å²) in [6.45, 7) is 6.08. The van der Waals surface area contributed by atoms with Gasteiger partial charge in [-0.3, -0.25) is 4.79 Å². The first-order valence-electron chi connectivity index (χ1n) is 8.92. The van der Waals surface area contributed by atoms with Crippen molar-refractivity contribution in [3.05, 3.63) is 16.0 Å². The third-order valence-corrected chi connectivity index (χ3v) is 6.75. The van der Waals surface area contributed by atoms with Crippen LogP contribution in [0.1, 0.15) is 48.0 Å². The number of carbonyl (C=O) groups is 2. The molecule has 0 spiro atoms. The van der Waals surface area contributed by atoms with E-state index in [1.807, 2.05) is 0 Å². The van der Waals surface area contributed by atoms with Crippen LogP contribution in [-0.2, 0) is 29.4 Å². The van der Waals surface area contributed by atoms with E-state index < -0.39 is 5.25 Å². The fourth-order valence-corrected chi connectivity index (χ4v) is 5.16. The molecule has 1 aliphatic carbocycles. The van der Waals surface area contributed by atoms with Gasteiger partial charge in [-0.2, -0.15) is 0 Å². The number of nitrogens with zero attached hydrogens (tertiary/aromatic N) is 4. The van der Waals surface area contributed by atoms with Crippen molar-refractivity contribution in [2.45, 2.75) is 50.4 Å². The number of aromatic nitrogens is 4. The van der Waals surface area contributed by atoms with Gasteiger partial charge in [-0.1, -0.05) is 18.7 Å². The van der Waals surface area contributed by atoms with Gasteiger partial charge >= 0.3 is 5.97 Å². The number of tetrazole rings is 1. The van der Waals surface area contributed by atoms with E-state index in [1.54, 1.807) is 20.9 Å². The zero-order chi connectivity index (χ0) is 19.6. The molecule has 1 aliphatic rings. The fraction of sp³-hybridized carbons (Fsp3) is 0.588. The van der Waals surface area contributed by atoms with E-state index in [9.17, 15) is 9.59 Å². The summed E-state index contributed by atoms with van der Waals surface area (Å²) < 4.78 is 6.76. The molecule has 0 unspecified atom stereocenters. The molecule has 0 saturated carbocycles. The minimum absolute atomic E-state index is 0.194. The Kier molecular flexibility index (Phi) is 6.15. The molecule has 2 aromatic rings. The minimum atomic E-state index is -0.414. The molecule has 0 radical (unpaired) electrons. The quantitative estimate of drug-likeness (QED) is 0.578. The van der Waals surface area contributed by atoms with Crippen LogP contribution < -0.4 is 5.32 Å². The zero-order valence-electron chi connectivity index (χ0n) is 15.8. The summed E-state index contributed by atoms with van der Waals surface area (Å²) in [5, 5.41) is 14.9. The zero-order valence-corrected chi connectivity index (χ0v) is 17.4. The second-order valence-corrected chi connectivity index (χ2v) is 9.02. The Labute approximate surface area is 166 Å². The van der Waals surface area contributed by atoms with Gasteiger partial charge in [0.2, 0.25) is 11.1 Å². The first-order valence-corrected chi connectivity index (χ1v) is 10.6. The SMILES string of the molecule is CCOC(=O)c1c(NC(=O)[C@H](C)Sc2nnnn2C)sc2c1CC[C@@H](C)C2. The number of ether oxygens (including phenoxy) is 1. The summed E-state index contributed by atoms with van der Waals surface area (Å²) in [6.07, 6.45) is 2.80. The van der Waals surface area contributed by atoms with Crippen LogP contribution in [0.15, 0.2) is 5.16 Å². The highest BCUT2D eigenvalue weighted by Gasteiger charge is 2.30. The Morgan fingerprint density at radius 3 is 2.93 bits per heavy atom. The summed E-state index contributed by atoms with van der Waals surface area (Å²) in [5.41, 5.74) is 1.55. The maximum absolute atomic E-state index is 12.7. The lowest BCUT2D eigenvalue weighted by Gasteiger charge is -2.18. The van der Waals surface area contributed by atoms with Crippen LogP contribution in [0.4, 0.5) is 5.00 Å². The summed E-state index contributed by atoms with van der Waals surface area (Å²) in [6, 6.07) is 0. The molecule has 0 saturated heterocycles. The van der Waals surface area contributed by atoms with Crippen LogP contribution in [0, 0.1) is 5.92 Å². The van der Waals surface area contributed by atoms with E-state index in [0.29, 0.717) is 28.2 Å². The van der Waals surface area contributed by atoms with Crippen LogP contribution >= 0.6 is 23.1 Å². The molecule has 146 valence electrons. The Morgan fingerprint density at radius 1 is 1.48 bits per heavy atom. The van der Waals surface area contributed by atoms with Gasteiger partial charge in [0.1, 0.15) is 5.00 Å². The van der Waals surface area contributed by atoms with Crippen molar-refractivity contribution in [3.8, 4) is 0 Å². The third kappa shape index (κ3) is 4.32. The Morgan fingerprint density at radius 2 is 2.26 bits per heavy atom. The summed E-state index contributed by atoms with van der Waals surface area (Å²) in [7, 11) is 1.72. The minimum Gasteiger partial charge on any atom is -0.462 e. The first-order chi connectivity index (χ1) is 12.9. The smallest absolute Gasteiger partial charge is 0.341 e. The first kappa shape index (κ1) is 19.8. The number of hydrogen-bond donors (Lipinski definition) is 1. The third-order valence-electron chi connectivity index (χ3n) is 4.46. The van der Waals surface area contributed by atoms with E-state index in [1.165, 1.54) is 32.7 Å². The Hall–Kier alpha value is -1.94. The molecule has 3 rings (SSSR count). The van der Waals surface area contributed by atoms with Gasteiger partial charge in [-0.15, -0.1) is 16.4 Å². The average Bonchev–Trinajstić information content (AvgIpc) is 3.17. The predicted molar refractivity (Wildman–Crippen MR) is 104 cm³/mol. The number of thioether (sulfide) groups is 1. The van der Waals surface area contributed by atoms with E-state index in [4.69, 9.17) is 4.74 Å². The van der Waals surface area contributed by atoms with Crippen LogP contribution in [0.3, 0.4) is 0 Å². The Balaban J connectivity index is 1.81. The van der Waals surface area contributed by atoms with Crippen LogP contribution in [0.25, 0.3) is 0 Å². The molecular formula is C17H23N5O3S2. The van der Waals surface area contributed by atoms with Gasteiger partial charge in [0.05, 0.1) is 17.4 Å². The number of fused-ring (bicyclic) bond motifs is 1. The average molecular weight is 410 g/mol. The van der Waals surface area contributed by atoms with Crippen molar-refractivity contribution in [1.82, 2.24) is 20.2 Å². The summed E-state index contributed by atoms with van der Waals surface area (Å²) in [4.78, 5) is 26.4. The molecular weight excluding hydrogens is 386 g/mol. The lowest BCUT2D eigenvalue weighted by atomic mass is 9.88. The second-order valence-electron chi connectivity index (χ2n) is 6.61. The van der Waals surface area contributed by atoms with Crippen molar-refractivity contribution in [3.63, 3.8) is 0 Å². The van der Waals surface area contributed by atoms with Crippen molar-refractivity contribution in [2.75, 3.05) is 11.9 Å². The monoisotopic (exact) mass is 409 g/mol. The van der Waals surface area contributed by atoms with Crippen molar-refractivity contribution in [1.29, 1.82) is 0 Å². The highest BCUT2D eigenvalue weighted by Crippen LogP contribution is 2.40. The molecule has 8 nitrogen and oxygen atoms in total. The number of nitrogens with one attached hydrogen (secondary N) is 1. The van der Waals surface area contributed by atoms with Gasteiger partial charge in [-0.25, -0.2) is 9.48 Å². The molecule has 0 fully saturated rings. The van der Waals surface area contributed by atoms with Gasteiger partial charge < -0.3 is 10.1 Å². The number of hydrogen-bond acceptors (Lipinski definition) is 8. The van der Waals surface area contributed by atoms with E-state index >= 15 is 0 Å². The molecule has 2 heterocycles. The number of esters is 1. The number of anilines is 1. The Bertz CT molecular complexity index is 848. The molecule has 0 aliphatic heterocycles. The van der Waals surface area contributed by atoms with Gasteiger partial charge in [0.15, 0.2) is 0 Å². The van der Waals surface area contributed by atoms with Gasteiger partial charge in [0.25, 0.3) is 0 Å². The van der Waals surface area contributed by atoms with Gasteiger partial charge in [0, 0.05) is 11.9 Å². The number of rotatable bonds is 6. The molecule has 0 aromatic carbocycles. The molecule has 27 heavy (non-hydrogen) atoms. The summed E-state index contributed by atoms with van der Waals surface area (Å²) >= 11 is 2.76. The highest BCUT2D eigenvalue weighted by atomic mass is 32.2.